The van der Waals surface area contributed by atoms with Crippen LogP contribution in [0.2, 0.25) is 0 Å². The first-order chi connectivity index (χ1) is 10.1. The van der Waals surface area contributed by atoms with E-state index >= 15 is 0 Å². The number of hydrogen-bond donors (Lipinski definition) is 1. The molecule has 1 aromatic heterocycles. The number of aliphatic carboxylic acids is 1. The maximum atomic E-state index is 11.1. The van der Waals surface area contributed by atoms with Crippen molar-refractivity contribution in [3.05, 3.63) is 11.7 Å². The average molecular weight is 292 g/mol. The van der Waals surface area contributed by atoms with Gasteiger partial charge in [-0.2, -0.15) is 4.98 Å². The van der Waals surface area contributed by atoms with Crippen LogP contribution in [-0.2, 0) is 11.2 Å². The predicted molar refractivity (Wildman–Crippen MR) is 76.9 cm³/mol. The van der Waals surface area contributed by atoms with Crippen LogP contribution in [0.5, 0.6) is 0 Å². The molecule has 0 radical (unpaired) electrons. The lowest BCUT2D eigenvalue weighted by Crippen LogP contribution is -2.24. The fourth-order valence-corrected chi connectivity index (χ4v) is 4.13. The second-order valence-corrected chi connectivity index (χ2v) is 7.12. The van der Waals surface area contributed by atoms with Crippen LogP contribution >= 0.6 is 0 Å². The third kappa shape index (κ3) is 3.27. The summed E-state index contributed by atoms with van der Waals surface area (Å²) in [5.41, 5.74) is -0.168. The molecule has 0 aliphatic heterocycles. The van der Waals surface area contributed by atoms with Crippen LogP contribution < -0.4 is 0 Å². The fourth-order valence-electron chi connectivity index (χ4n) is 4.13. The molecule has 2 saturated carbocycles. The lowest BCUT2D eigenvalue weighted by molar-refractivity contribution is -0.139. The first kappa shape index (κ1) is 14.5. The third-order valence-electron chi connectivity index (χ3n) is 5.26. The van der Waals surface area contributed by atoms with Crippen molar-refractivity contribution in [1.29, 1.82) is 0 Å². The zero-order valence-electron chi connectivity index (χ0n) is 12.7. The van der Waals surface area contributed by atoms with Gasteiger partial charge in [0.05, 0.1) is 6.42 Å². The van der Waals surface area contributed by atoms with Crippen LogP contribution in [-0.4, -0.2) is 21.2 Å². The zero-order chi connectivity index (χ0) is 14.9. The third-order valence-corrected chi connectivity index (χ3v) is 5.26. The van der Waals surface area contributed by atoms with Crippen molar-refractivity contribution in [1.82, 2.24) is 10.1 Å². The van der Waals surface area contributed by atoms with E-state index in [1.807, 2.05) is 0 Å². The van der Waals surface area contributed by atoms with Gasteiger partial charge in [-0.15, -0.1) is 0 Å². The average Bonchev–Trinajstić information content (AvgIpc) is 3.11. The Labute approximate surface area is 125 Å². The Hall–Kier alpha value is -1.39. The van der Waals surface area contributed by atoms with Crippen LogP contribution in [0.1, 0.15) is 75.9 Å². The van der Waals surface area contributed by atoms with E-state index < -0.39 is 5.97 Å². The van der Waals surface area contributed by atoms with E-state index in [-0.39, 0.29) is 11.8 Å². The molecule has 2 aliphatic rings. The summed E-state index contributed by atoms with van der Waals surface area (Å²) in [6, 6.07) is 0. The lowest BCUT2D eigenvalue weighted by atomic mass is 9.79. The minimum atomic E-state index is -0.721. The van der Waals surface area contributed by atoms with Gasteiger partial charge in [-0.1, -0.05) is 24.9 Å². The Morgan fingerprint density at radius 1 is 1.38 bits per heavy atom. The molecular weight excluding hydrogens is 268 g/mol. The van der Waals surface area contributed by atoms with E-state index in [1.54, 1.807) is 0 Å². The molecular formula is C16H24N2O3. The predicted octanol–water partition coefficient (Wildman–Crippen LogP) is 3.55. The highest BCUT2D eigenvalue weighted by Crippen LogP contribution is 2.44. The van der Waals surface area contributed by atoms with Gasteiger partial charge in [0.1, 0.15) is 0 Å². The van der Waals surface area contributed by atoms with Gasteiger partial charge >= 0.3 is 5.97 Å². The fraction of sp³-hybridized carbons (Fsp3) is 0.812. The molecule has 1 heterocycles. The number of carboxylic acid groups (broad SMARTS) is 1. The van der Waals surface area contributed by atoms with Gasteiger partial charge in [-0.3, -0.25) is 4.79 Å². The maximum Gasteiger partial charge on any atom is 0.303 e. The highest BCUT2D eigenvalue weighted by molar-refractivity contribution is 5.67. The molecule has 2 unspecified atom stereocenters. The van der Waals surface area contributed by atoms with Crippen molar-refractivity contribution < 1.29 is 14.4 Å². The molecule has 2 aliphatic carbocycles. The summed E-state index contributed by atoms with van der Waals surface area (Å²) >= 11 is 0. The van der Waals surface area contributed by atoms with E-state index in [2.05, 4.69) is 17.1 Å². The van der Waals surface area contributed by atoms with Gasteiger partial charge in [-0.05, 0) is 43.4 Å². The van der Waals surface area contributed by atoms with Crippen molar-refractivity contribution in [2.75, 3.05) is 0 Å². The number of nitrogens with zero attached hydrogens (tertiary/aromatic N) is 2. The Morgan fingerprint density at radius 3 is 2.76 bits per heavy atom. The van der Waals surface area contributed by atoms with Crippen LogP contribution in [0.15, 0.2) is 4.52 Å². The van der Waals surface area contributed by atoms with Crippen LogP contribution in [0.4, 0.5) is 0 Å². The molecule has 116 valence electrons. The van der Waals surface area contributed by atoms with Gasteiger partial charge in [0.15, 0.2) is 5.82 Å². The Kier molecular flexibility index (Phi) is 4.00. The monoisotopic (exact) mass is 292 g/mol. The molecule has 0 saturated heterocycles. The van der Waals surface area contributed by atoms with Crippen molar-refractivity contribution in [3.8, 4) is 0 Å². The zero-order valence-corrected chi connectivity index (χ0v) is 12.7. The van der Waals surface area contributed by atoms with E-state index in [0.29, 0.717) is 18.2 Å². The molecule has 0 aromatic carbocycles. The van der Waals surface area contributed by atoms with E-state index in [0.717, 1.165) is 50.3 Å². The maximum absolute atomic E-state index is 11.1. The molecule has 0 bridgehead atoms. The second kappa shape index (κ2) is 5.78. The number of hydrogen-bond acceptors (Lipinski definition) is 4. The van der Waals surface area contributed by atoms with Gasteiger partial charge in [0.25, 0.3) is 0 Å². The summed E-state index contributed by atoms with van der Waals surface area (Å²) in [6.45, 7) is 2.27. The summed E-state index contributed by atoms with van der Waals surface area (Å²) < 4.78 is 5.43. The summed E-state index contributed by atoms with van der Waals surface area (Å²) in [4.78, 5) is 15.7. The topological polar surface area (TPSA) is 76.2 Å². The van der Waals surface area contributed by atoms with Gasteiger partial charge < -0.3 is 9.63 Å². The number of carbonyl (C=O) groups is 1. The summed E-state index contributed by atoms with van der Waals surface area (Å²) in [6.07, 6.45) is 8.47. The highest BCUT2D eigenvalue weighted by Gasteiger charge is 2.38. The SMILES string of the molecule is CC1CCC(c2noc(CC3(CC(=O)O)CCCC3)n2)C1. The van der Waals surface area contributed by atoms with Gasteiger partial charge in [0.2, 0.25) is 5.89 Å². The van der Waals surface area contributed by atoms with Crippen molar-refractivity contribution in [3.63, 3.8) is 0 Å². The summed E-state index contributed by atoms with van der Waals surface area (Å²) in [5, 5.41) is 13.3. The van der Waals surface area contributed by atoms with Crippen molar-refractivity contribution >= 4 is 5.97 Å². The molecule has 21 heavy (non-hydrogen) atoms. The Balaban J connectivity index is 1.69. The van der Waals surface area contributed by atoms with Crippen LogP contribution in [0.3, 0.4) is 0 Å². The van der Waals surface area contributed by atoms with Crippen molar-refractivity contribution in [2.45, 2.75) is 70.6 Å². The van der Waals surface area contributed by atoms with Gasteiger partial charge in [-0.25, -0.2) is 0 Å². The van der Waals surface area contributed by atoms with Crippen LogP contribution in [0.25, 0.3) is 0 Å². The molecule has 3 rings (SSSR count). The smallest absolute Gasteiger partial charge is 0.303 e. The molecule has 0 spiro atoms. The molecule has 2 atom stereocenters. The van der Waals surface area contributed by atoms with E-state index in [1.165, 1.54) is 6.42 Å². The lowest BCUT2D eigenvalue weighted by Gasteiger charge is -2.24. The minimum Gasteiger partial charge on any atom is -0.481 e. The quantitative estimate of drug-likeness (QED) is 0.898. The van der Waals surface area contributed by atoms with E-state index in [4.69, 9.17) is 9.63 Å². The molecule has 2 fully saturated rings. The Morgan fingerprint density at radius 2 is 2.14 bits per heavy atom. The van der Waals surface area contributed by atoms with Gasteiger partial charge in [0, 0.05) is 12.3 Å². The normalized spacial score (nSPS) is 28.0. The molecule has 1 N–H and O–H groups in total. The molecule has 0 amide bonds. The standard InChI is InChI=1S/C16H24N2O3/c1-11-4-5-12(8-11)15-17-13(21-18-15)9-16(10-14(19)20)6-2-3-7-16/h11-12H,2-10H2,1H3,(H,19,20). The first-order valence-electron chi connectivity index (χ1n) is 8.11. The molecule has 1 aromatic rings. The Bertz CT molecular complexity index is 505. The minimum absolute atomic E-state index is 0.168. The largest absolute Gasteiger partial charge is 0.481 e. The van der Waals surface area contributed by atoms with E-state index in [9.17, 15) is 4.79 Å². The number of carboxylic acids is 1. The van der Waals surface area contributed by atoms with Crippen LogP contribution in [0, 0.1) is 11.3 Å². The highest BCUT2D eigenvalue weighted by atomic mass is 16.5. The second-order valence-electron chi connectivity index (χ2n) is 7.12. The number of aromatic nitrogens is 2. The molecule has 5 nitrogen and oxygen atoms in total. The summed E-state index contributed by atoms with van der Waals surface area (Å²) in [5.74, 6) is 1.91. The van der Waals surface area contributed by atoms with Crippen molar-refractivity contribution in [2.24, 2.45) is 11.3 Å². The number of rotatable bonds is 5. The summed E-state index contributed by atoms with van der Waals surface area (Å²) in [7, 11) is 0. The molecule has 5 heteroatoms. The first-order valence-corrected chi connectivity index (χ1v) is 8.11.